The predicted octanol–water partition coefficient (Wildman–Crippen LogP) is 3.52. The largest absolute Gasteiger partial charge is 0.309 e. The maximum absolute atomic E-state index is 3.69. The van der Waals surface area contributed by atoms with Crippen molar-refractivity contribution < 1.29 is 0 Å². The number of nitrogens with one attached hydrogen (secondary N) is 1. The normalized spacial score (nSPS) is 24.0. The molecule has 0 saturated carbocycles. The van der Waals surface area contributed by atoms with E-state index < -0.39 is 0 Å². The van der Waals surface area contributed by atoms with Crippen LogP contribution in [0.2, 0.25) is 0 Å². The van der Waals surface area contributed by atoms with Gasteiger partial charge in [0.1, 0.15) is 0 Å². The van der Waals surface area contributed by atoms with Crippen molar-refractivity contribution in [2.45, 2.75) is 59.2 Å². The fourth-order valence-corrected chi connectivity index (χ4v) is 4.03. The van der Waals surface area contributed by atoms with Gasteiger partial charge in [-0.15, -0.1) is 11.3 Å². The second kappa shape index (κ2) is 5.94. The molecule has 1 N–H and O–H groups in total. The third-order valence-electron chi connectivity index (χ3n) is 4.19. The van der Waals surface area contributed by atoms with E-state index in [2.05, 4.69) is 56.3 Å². The third kappa shape index (κ3) is 3.59. The molecule has 1 saturated heterocycles. The van der Waals surface area contributed by atoms with Gasteiger partial charge >= 0.3 is 0 Å². The Hall–Kier alpha value is -0.380. The molecular weight excluding hydrogens is 252 g/mol. The van der Waals surface area contributed by atoms with Crippen LogP contribution in [0.3, 0.4) is 0 Å². The molecule has 1 fully saturated rings. The first-order chi connectivity index (χ1) is 8.93. The van der Waals surface area contributed by atoms with Gasteiger partial charge in [-0.25, -0.2) is 0 Å². The van der Waals surface area contributed by atoms with Gasteiger partial charge < -0.3 is 5.32 Å². The van der Waals surface area contributed by atoms with E-state index in [1.807, 2.05) is 11.3 Å². The highest BCUT2D eigenvalue weighted by molar-refractivity contribution is 7.10. The Morgan fingerprint density at radius 2 is 2.21 bits per heavy atom. The predicted molar refractivity (Wildman–Crippen MR) is 84.8 cm³/mol. The van der Waals surface area contributed by atoms with Gasteiger partial charge in [0.25, 0.3) is 0 Å². The highest BCUT2D eigenvalue weighted by Gasteiger charge is 2.34. The van der Waals surface area contributed by atoms with Crippen molar-refractivity contribution >= 4 is 11.3 Å². The summed E-state index contributed by atoms with van der Waals surface area (Å²) >= 11 is 1.92. The van der Waals surface area contributed by atoms with Crippen LogP contribution >= 0.6 is 11.3 Å². The van der Waals surface area contributed by atoms with Crippen molar-refractivity contribution in [3.63, 3.8) is 0 Å². The molecule has 0 aromatic carbocycles. The average molecular weight is 280 g/mol. The van der Waals surface area contributed by atoms with Crippen molar-refractivity contribution in [2.24, 2.45) is 5.92 Å². The fraction of sp³-hybridized carbons (Fsp3) is 0.750. The van der Waals surface area contributed by atoms with E-state index in [4.69, 9.17) is 0 Å². The molecule has 2 nitrogen and oxygen atoms in total. The number of nitrogens with zero attached hydrogens (tertiary/aromatic N) is 1. The zero-order valence-electron chi connectivity index (χ0n) is 13.0. The van der Waals surface area contributed by atoms with Gasteiger partial charge in [0.15, 0.2) is 0 Å². The third-order valence-corrected chi connectivity index (χ3v) is 5.14. The molecule has 2 rings (SSSR count). The first-order valence-electron chi connectivity index (χ1n) is 7.47. The topological polar surface area (TPSA) is 15.3 Å². The molecular formula is C16H28N2S. The molecule has 19 heavy (non-hydrogen) atoms. The Balaban J connectivity index is 2.14. The molecule has 0 radical (unpaired) electrons. The minimum absolute atomic E-state index is 0.231. The molecule has 3 heteroatoms. The summed E-state index contributed by atoms with van der Waals surface area (Å²) in [5, 5.41) is 5.93. The van der Waals surface area contributed by atoms with Crippen molar-refractivity contribution in [1.29, 1.82) is 0 Å². The van der Waals surface area contributed by atoms with Gasteiger partial charge in [-0.3, -0.25) is 4.90 Å². The molecule has 0 bridgehead atoms. The molecule has 1 atom stereocenters. The number of thiophene rings is 1. The van der Waals surface area contributed by atoms with E-state index in [-0.39, 0.29) is 5.54 Å². The minimum atomic E-state index is 0.231. The van der Waals surface area contributed by atoms with E-state index in [1.165, 1.54) is 5.56 Å². The Morgan fingerprint density at radius 3 is 2.84 bits per heavy atom. The summed E-state index contributed by atoms with van der Waals surface area (Å²) in [6.07, 6.45) is 1.15. The van der Waals surface area contributed by atoms with E-state index in [0.717, 1.165) is 26.1 Å². The highest BCUT2D eigenvalue weighted by atomic mass is 32.1. The maximum Gasteiger partial charge on any atom is 0.0335 e. The standard InChI is InChI=1S/C16H28N2S/c1-6-13-7-8-19-15(13)10-18-11-16(4,5)17-9-14(18)12(2)3/h7-8,12,14,17H,6,9-11H2,1-5H3. The first kappa shape index (κ1) is 15.0. The van der Waals surface area contributed by atoms with Crippen LogP contribution < -0.4 is 5.32 Å². The zero-order valence-corrected chi connectivity index (χ0v) is 13.8. The lowest BCUT2D eigenvalue weighted by atomic mass is 9.93. The molecule has 0 aliphatic carbocycles. The molecule has 2 heterocycles. The van der Waals surface area contributed by atoms with Crippen molar-refractivity contribution in [3.8, 4) is 0 Å². The molecule has 0 spiro atoms. The molecule has 0 amide bonds. The van der Waals surface area contributed by atoms with Gasteiger partial charge in [-0.1, -0.05) is 20.8 Å². The molecule has 1 aliphatic heterocycles. The number of aryl methyl sites for hydroxylation is 1. The Bertz CT molecular complexity index is 409. The molecule has 108 valence electrons. The van der Waals surface area contributed by atoms with Crippen LogP contribution in [0.1, 0.15) is 45.1 Å². The number of hydrogen-bond donors (Lipinski definition) is 1. The van der Waals surface area contributed by atoms with E-state index in [1.54, 1.807) is 4.88 Å². The number of rotatable bonds is 4. The summed E-state index contributed by atoms with van der Waals surface area (Å²) in [5.74, 6) is 0.702. The van der Waals surface area contributed by atoms with E-state index in [0.29, 0.717) is 12.0 Å². The molecule has 1 aromatic rings. The fourth-order valence-electron chi connectivity index (χ4n) is 3.03. The summed E-state index contributed by atoms with van der Waals surface area (Å²) < 4.78 is 0. The lowest BCUT2D eigenvalue weighted by Crippen LogP contribution is -2.62. The molecule has 1 unspecified atom stereocenters. The number of piperazine rings is 1. The molecule has 1 aromatic heterocycles. The van der Waals surface area contributed by atoms with Crippen LogP contribution in [0.4, 0.5) is 0 Å². The summed E-state index contributed by atoms with van der Waals surface area (Å²) in [7, 11) is 0. The summed E-state index contributed by atoms with van der Waals surface area (Å²) in [6.45, 7) is 14.9. The quantitative estimate of drug-likeness (QED) is 0.908. The summed E-state index contributed by atoms with van der Waals surface area (Å²) in [5.41, 5.74) is 1.76. The number of hydrogen-bond acceptors (Lipinski definition) is 3. The van der Waals surface area contributed by atoms with Crippen LogP contribution in [-0.4, -0.2) is 29.6 Å². The smallest absolute Gasteiger partial charge is 0.0335 e. The highest BCUT2D eigenvalue weighted by Crippen LogP contribution is 2.26. The van der Waals surface area contributed by atoms with Crippen LogP contribution in [0.25, 0.3) is 0 Å². The second-order valence-electron chi connectivity index (χ2n) is 6.70. The van der Waals surface area contributed by atoms with Crippen LogP contribution in [0, 0.1) is 5.92 Å². The minimum Gasteiger partial charge on any atom is -0.309 e. The molecule has 1 aliphatic rings. The Morgan fingerprint density at radius 1 is 1.47 bits per heavy atom. The SMILES string of the molecule is CCc1ccsc1CN1CC(C)(C)NCC1C(C)C. The Kier molecular flexibility index (Phi) is 4.70. The van der Waals surface area contributed by atoms with Crippen molar-refractivity contribution in [3.05, 3.63) is 21.9 Å². The lowest BCUT2D eigenvalue weighted by Gasteiger charge is -2.46. The van der Waals surface area contributed by atoms with Gasteiger partial charge in [0, 0.05) is 36.1 Å². The average Bonchev–Trinajstić information content (AvgIpc) is 2.74. The van der Waals surface area contributed by atoms with Gasteiger partial charge in [0.05, 0.1) is 0 Å². The maximum atomic E-state index is 3.69. The van der Waals surface area contributed by atoms with Gasteiger partial charge in [-0.2, -0.15) is 0 Å². The zero-order chi connectivity index (χ0) is 14.0. The first-order valence-corrected chi connectivity index (χ1v) is 8.35. The van der Waals surface area contributed by atoms with Crippen molar-refractivity contribution in [1.82, 2.24) is 10.2 Å². The summed E-state index contributed by atoms with van der Waals surface area (Å²) in [4.78, 5) is 4.25. The van der Waals surface area contributed by atoms with Gasteiger partial charge in [0.2, 0.25) is 0 Å². The lowest BCUT2D eigenvalue weighted by molar-refractivity contribution is 0.0634. The van der Waals surface area contributed by atoms with E-state index in [9.17, 15) is 0 Å². The monoisotopic (exact) mass is 280 g/mol. The van der Waals surface area contributed by atoms with Crippen LogP contribution in [0.5, 0.6) is 0 Å². The summed E-state index contributed by atoms with van der Waals surface area (Å²) in [6, 6.07) is 2.94. The van der Waals surface area contributed by atoms with Gasteiger partial charge in [-0.05, 0) is 43.2 Å². The van der Waals surface area contributed by atoms with Crippen LogP contribution in [0.15, 0.2) is 11.4 Å². The Labute approximate surface area is 122 Å². The van der Waals surface area contributed by atoms with Crippen LogP contribution in [-0.2, 0) is 13.0 Å². The van der Waals surface area contributed by atoms with Crippen molar-refractivity contribution in [2.75, 3.05) is 13.1 Å². The van der Waals surface area contributed by atoms with E-state index >= 15 is 0 Å². The second-order valence-corrected chi connectivity index (χ2v) is 7.70.